The van der Waals surface area contributed by atoms with Crippen molar-refractivity contribution in [3.05, 3.63) is 0 Å². The highest BCUT2D eigenvalue weighted by Gasteiger charge is 2.41. The van der Waals surface area contributed by atoms with Crippen LogP contribution in [-0.4, -0.2) is 46.6 Å². The summed E-state index contributed by atoms with van der Waals surface area (Å²) in [5, 5.41) is 17.2. The van der Waals surface area contributed by atoms with Crippen LogP contribution in [0.5, 0.6) is 0 Å². The Hall–Kier alpha value is -1.11. The van der Waals surface area contributed by atoms with Crippen LogP contribution in [0.4, 0.5) is 0 Å². The van der Waals surface area contributed by atoms with Gasteiger partial charge in [0.1, 0.15) is 0 Å². The predicted molar refractivity (Wildman–Crippen MR) is 33.0 cm³/mol. The van der Waals surface area contributed by atoms with Crippen molar-refractivity contribution < 1.29 is 29.3 Å². The third-order valence-corrected chi connectivity index (χ3v) is 1.42. The van der Waals surface area contributed by atoms with Crippen LogP contribution in [0.1, 0.15) is 0 Å². The van der Waals surface area contributed by atoms with Crippen LogP contribution in [-0.2, 0) is 19.1 Å². The van der Waals surface area contributed by atoms with Gasteiger partial charge >= 0.3 is 0 Å². The first-order valence-electron chi connectivity index (χ1n) is 3.14. The SMILES string of the molecule is O=C1C(=O)C(O)OC(CO)C1=O. The Morgan fingerprint density at radius 3 is 2.33 bits per heavy atom. The zero-order chi connectivity index (χ0) is 9.30. The van der Waals surface area contributed by atoms with Crippen molar-refractivity contribution in [2.75, 3.05) is 6.61 Å². The summed E-state index contributed by atoms with van der Waals surface area (Å²) < 4.78 is 4.32. The Morgan fingerprint density at radius 2 is 1.83 bits per heavy atom. The molecule has 0 bridgehead atoms. The molecule has 1 saturated heterocycles. The molecular formula is C6H6O6. The summed E-state index contributed by atoms with van der Waals surface area (Å²) in [6, 6.07) is 0. The van der Waals surface area contributed by atoms with Crippen molar-refractivity contribution in [1.29, 1.82) is 0 Å². The van der Waals surface area contributed by atoms with Crippen molar-refractivity contribution in [1.82, 2.24) is 0 Å². The van der Waals surface area contributed by atoms with E-state index in [9.17, 15) is 14.4 Å². The first kappa shape index (κ1) is 8.98. The molecule has 6 nitrogen and oxygen atoms in total. The maximum absolute atomic E-state index is 10.7. The summed E-state index contributed by atoms with van der Waals surface area (Å²) in [6.07, 6.45) is -3.34. The quantitative estimate of drug-likeness (QED) is 0.423. The lowest BCUT2D eigenvalue weighted by Gasteiger charge is -2.21. The molecule has 0 aromatic rings. The number of Topliss-reactive ketones (excluding diaryl/α,β-unsaturated/α-hetero) is 3. The molecule has 6 heteroatoms. The predicted octanol–water partition coefficient (Wildman–Crippen LogP) is -2.60. The number of rotatable bonds is 1. The average molecular weight is 174 g/mol. The van der Waals surface area contributed by atoms with Gasteiger partial charge in [-0.25, -0.2) is 0 Å². The van der Waals surface area contributed by atoms with Crippen LogP contribution < -0.4 is 0 Å². The maximum atomic E-state index is 10.7. The van der Waals surface area contributed by atoms with E-state index < -0.39 is 36.4 Å². The molecule has 2 unspecified atom stereocenters. The van der Waals surface area contributed by atoms with E-state index in [2.05, 4.69) is 4.74 Å². The molecule has 1 rings (SSSR count). The molecule has 1 aliphatic heterocycles. The zero-order valence-corrected chi connectivity index (χ0v) is 5.89. The lowest BCUT2D eigenvalue weighted by Crippen LogP contribution is -2.50. The van der Waals surface area contributed by atoms with Gasteiger partial charge in [-0.1, -0.05) is 0 Å². The van der Waals surface area contributed by atoms with E-state index in [1.807, 2.05) is 0 Å². The molecule has 0 spiro atoms. The fourth-order valence-electron chi connectivity index (χ4n) is 0.785. The molecule has 0 aliphatic carbocycles. The van der Waals surface area contributed by atoms with Gasteiger partial charge in [0.15, 0.2) is 6.10 Å². The molecule has 0 radical (unpaired) electrons. The number of carbonyl (C=O) groups is 3. The molecule has 1 heterocycles. The van der Waals surface area contributed by atoms with E-state index in [0.717, 1.165) is 0 Å². The van der Waals surface area contributed by atoms with Crippen molar-refractivity contribution >= 4 is 17.3 Å². The van der Waals surface area contributed by atoms with Crippen LogP contribution in [0.15, 0.2) is 0 Å². The standard InChI is InChI=1S/C6H6O6/c7-1-2-3(8)4(9)5(10)6(11)12-2/h2,6-7,11H,1H2. The molecule has 2 atom stereocenters. The Labute approximate surface area is 66.7 Å². The number of ether oxygens (including phenoxy) is 1. The first-order valence-corrected chi connectivity index (χ1v) is 3.14. The van der Waals surface area contributed by atoms with E-state index >= 15 is 0 Å². The van der Waals surface area contributed by atoms with Crippen LogP contribution in [0.3, 0.4) is 0 Å². The van der Waals surface area contributed by atoms with Gasteiger partial charge in [0.2, 0.25) is 12.1 Å². The highest BCUT2D eigenvalue weighted by atomic mass is 16.6. The summed E-state index contributed by atoms with van der Waals surface area (Å²) >= 11 is 0. The van der Waals surface area contributed by atoms with E-state index in [1.54, 1.807) is 0 Å². The summed E-state index contributed by atoms with van der Waals surface area (Å²) in [5.41, 5.74) is 0. The second-order valence-corrected chi connectivity index (χ2v) is 2.22. The second kappa shape index (κ2) is 3.10. The third-order valence-electron chi connectivity index (χ3n) is 1.42. The topological polar surface area (TPSA) is 101 Å². The number of aliphatic hydroxyl groups excluding tert-OH is 2. The van der Waals surface area contributed by atoms with Gasteiger partial charge in [-0.15, -0.1) is 0 Å². The molecule has 0 aromatic heterocycles. The number of hydrogen-bond donors (Lipinski definition) is 2. The Balaban J connectivity index is 2.85. The summed E-state index contributed by atoms with van der Waals surface area (Å²) in [4.78, 5) is 32.0. The molecule has 0 aromatic carbocycles. The normalized spacial score (nSPS) is 31.0. The number of ketones is 3. The fourth-order valence-corrected chi connectivity index (χ4v) is 0.785. The lowest BCUT2D eigenvalue weighted by molar-refractivity contribution is -0.189. The molecule has 66 valence electrons. The molecule has 0 amide bonds. The smallest absolute Gasteiger partial charge is 0.272 e. The van der Waals surface area contributed by atoms with Gasteiger partial charge in [-0.05, 0) is 0 Å². The van der Waals surface area contributed by atoms with Gasteiger partial charge < -0.3 is 14.9 Å². The maximum Gasteiger partial charge on any atom is 0.272 e. The molecule has 0 saturated carbocycles. The van der Waals surface area contributed by atoms with E-state index in [-0.39, 0.29) is 0 Å². The molecule has 2 N–H and O–H groups in total. The highest BCUT2D eigenvalue weighted by molar-refractivity contribution is 6.66. The molecule has 1 aliphatic rings. The minimum absolute atomic E-state index is 0.727. The molecular weight excluding hydrogens is 168 g/mol. The lowest BCUT2D eigenvalue weighted by atomic mass is 10.0. The van der Waals surface area contributed by atoms with Crippen LogP contribution >= 0.6 is 0 Å². The number of aliphatic hydroxyl groups is 2. The Morgan fingerprint density at radius 1 is 1.25 bits per heavy atom. The van der Waals surface area contributed by atoms with Crippen LogP contribution in [0.2, 0.25) is 0 Å². The van der Waals surface area contributed by atoms with Crippen molar-refractivity contribution in [2.24, 2.45) is 0 Å². The van der Waals surface area contributed by atoms with E-state index in [0.29, 0.717) is 0 Å². The minimum Gasteiger partial charge on any atom is -0.393 e. The van der Waals surface area contributed by atoms with Crippen molar-refractivity contribution in [3.8, 4) is 0 Å². The van der Waals surface area contributed by atoms with Crippen LogP contribution in [0, 0.1) is 0 Å². The zero-order valence-electron chi connectivity index (χ0n) is 5.89. The first-order chi connectivity index (χ1) is 5.57. The van der Waals surface area contributed by atoms with Gasteiger partial charge in [-0.3, -0.25) is 14.4 Å². The van der Waals surface area contributed by atoms with Crippen molar-refractivity contribution in [3.63, 3.8) is 0 Å². The molecule has 12 heavy (non-hydrogen) atoms. The van der Waals surface area contributed by atoms with Gasteiger partial charge in [0.05, 0.1) is 6.61 Å². The third kappa shape index (κ3) is 1.27. The summed E-state index contributed by atoms with van der Waals surface area (Å²) in [7, 11) is 0. The number of hydrogen-bond acceptors (Lipinski definition) is 6. The molecule has 1 fully saturated rings. The summed E-state index contributed by atoms with van der Waals surface area (Å²) in [6.45, 7) is -0.727. The monoisotopic (exact) mass is 174 g/mol. The Kier molecular flexibility index (Phi) is 2.32. The average Bonchev–Trinajstić information content (AvgIpc) is 2.08. The van der Waals surface area contributed by atoms with Gasteiger partial charge in [0, 0.05) is 0 Å². The van der Waals surface area contributed by atoms with Crippen LogP contribution in [0.25, 0.3) is 0 Å². The summed E-state index contributed by atoms with van der Waals surface area (Å²) in [5.74, 6) is -3.73. The van der Waals surface area contributed by atoms with E-state index in [1.165, 1.54) is 0 Å². The van der Waals surface area contributed by atoms with Gasteiger partial charge in [0.25, 0.3) is 11.6 Å². The fraction of sp³-hybridized carbons (Fsp3) is 0.500. The largest absolute Gasteiger partial charge is 0.393 e. The van der Waals surface area contributed by atoms with Gasteiger partial charge in [-0.2, -0.15) is 0 Å². The highest BCUT2D eigenvalue weighted by Crippen LogP contribution is 2.07. The van der Waals surface area contributed by atoms with Crippen molar-refractivity contribution in [2.45, 2.75) is 12.4 Å². The number of carbonyl (C=O) groups excluding carboxylic acids is 3. The second-order valence-electron chi connectivity index (χ2n) is 2.22. The minimum atomic E-state index is -1.92. The Bertz CT molecular complexity index is 244. The van der Waals surface area contributed by atoms with E-state index in [4.69, 9.17) is 10.2 Å².